The molecule has 0 radical (unpaired) electrons. The fourth-order valence-electron chi connectivity index (χ4n) is 3.16. The zero-order valence-corrected chi connectivity index (χ0v) is 17.5. The number of rotatable bonds is 5. The van der Waals surface area contributed by atoms with Gasteiger partial charge in [0.1, 0.15) is 0 Å². The van der Waals surface area contributed by atoms with Gasteiger partial charge in [-0.05, 0) is 37.3 Å². The molecule has 1 aromatic carbocycles. The largest absolute Gasteiger partial charge is 0.356 e. The Hall–Kier alpha value is -1.93. The molecular weight excluding hydrogens is 378 g/mol. The average molecular weight is 410 g/mol. The van der Waals surface area contributed by atoms with Crippen LogP contribution in [0.4, 0.5) is 0 Å². The van der Waals surface area contributed by atoms with E-state index in [0.717, 1.165) is 0 Å². The summed E-state index contributed by atoms with van der Waals surface area (Å²) in [7, 11) is -3.67. The minimum Gasteiger partial charge on any atom is -0.356 e. The first-order valence-electron chi connectivity index (χ1n) is 9.90. The number of hydrogen-bond acceptors (Lipinski definition) is 4. The van der Waals surface area contributed by atoms with E-state index in [0.29, 0.717) is 44.8 Å². The second-order valence-electron chi connectivity index (χ2n) is 7.58. The van der Waals surface area contributed by atoms with Crippen molar-refractivity contribution < 1.29 is 18.0 Å². The van der Waals surface area contributed by atoms with Gasteiger partial charge in [0.25, 0.3) is 0 Å². The van der Waals surface area contributed by atoms with E-state index in [2.05, 4.69) is 10.6 Å². The topological polar surface area (TPSA) is 95.6 Å². The maximum Gasteiger partial charge on any atom is 0.243 e. The Bertz CT molecular complexity index is 750. The Morgan fingerprint density at radius 2 is 1.93 bits per heavy atom. The van der Waals surface area contributed by atoms with Crippen LogP contribution in [0.3, 0.4) is 0 Å². The molecule has 1 aromatic rings. The Morgan fingerprint density at radius 1 is 1.21 bits per heavy atom. The normalized spacial score (nSPS) is 20.2. The molecule has 8 heteroatoms. The fourth-order valence-corrected chi connectivity index (χ4v) is 4.66. The lowest BCUT2D eigenvalue weighted by molar-refractivity contribution is -0.126. The summed E-state index contributed by atoms with van der Waals surface area (Å²) in [6.45, 7) is 5.51. The summed E-state index contributed by atoms with van der Waals surface area (Å²) in [6, 6.07) is 8.24. The van der Waals surface area contributed by atoms with E-state index in [1.807, 2.05) is 13.8 Å². The van der Waals surface area contributed by atoms with Gasteiger partial charge in [0, 0.05) is 38.5 Å². The van der Waals surface area contributed by atoms with Gasteiger partial charge in [0.15, 0.2) is 0 Å². The van der Waals surface area contributed by atoms with Gasteiger partial charge in [-0.15, -0.1) is 0 Å². The molecule has 1 saturated heterocycles. The van der Waals surface area contributed by atoms with Crippen molar-refractivity contribution in [2.75, 3.05) is 26.2 Å². The third kappa shape index (κ3) is 6.60. The zero-order valence-electron chi connectivity index (χ0n) is 16.7. The number of sulfonamides is 1. The van der Waals surface area contributed by atoms with Crippen LogP contribution in [0.2, 0.25) is 0 Å². The zero-order chi connectivity index (χ0) is 20.6. The summed E-state index contributed by atoms with van der Waals surface area (Å²) in [6.07, 6.45) is 1.82. The van der Waals surface area contributed by atoms with Crippen LogP contribution in [0.25, 0.3) is 0 Å². The van der Waals surface area contributed by atoms with Crippen LogP contribution in [0.1, 0.15) is 39.5 Å². The minimum absolute atomic E-state index is 0.0281. The molecule has 0 aliphatic carbocycles. The quantitative estimate of drug-likeness (QED) is 0.775. The van der Waals surface area contributed by atoms with Crippen LogP contribution in [0, 0.1) is 11.8 Å². The van der Waals surface area contributed by atoms with Gasteiger partial charge in [0.05, 0.1) is 4.90 Å². The highest BCUT2D eigenvalue weighted by molar-refractivity contribution is 7.89. The van der Waals surface area contributed by atoms with Crippen molar-refractivity contribution in [3.05, 3.63) is 30.3 Å². The van der Waals surface area contributed by atoms with Crippen LogP contribution in [0.5, 0.6) is 0 Å². The standard InChI is InChI=1S/C20H31N3O4S/c1-16(2)15-22-20(25)17-7-6-13-23(14-11-19(24)21-12-10-17)28(26,27)18-8-4-3-5-9-18/h3-5,8-9,16-17H,6-7,10-15H2,1-2H3,(H,21,24)(H,22,25). The maximum atomic E-state index is 13.0. The van der Waals surface area contributed by atoms with Crippen molar-refractivity contribution in [1.29, 1.82) is 0 Å². The van der Waals surface area contributed by atoms with Crippen molar-refractivity contribution in [3.63, 3.8) is 0 Å². The SMILES string of the molecule is CC(C)CNC(=O)C1CCCN(S(=O)(=O)c2ccccc2)CCC(=O)NCC1. The molecule has 0 aromatic heterocycles. The highest BCUT2D eigenvalue weighted by atomic mass is 32.2. The van der Waals surface area contributed by atoms with Crippen LogP contribution in [0.15, 0.2) is 35.2 Å². The first-order valence-corrected chi connectivity index (χ1v) is 11.3. The average Bonchev–Trinajstić information content (AvgIpc) is 2.71. The summed E-state index contributed by atoms with van der Waals surface area (Å²) in [5.41, 5.74) is 0. The summed E-state index contributed by atoms with van der Waals surface area (Å²) in [4.78, 5) is 24.8. The van der Waals surface area contributed by atoms with E-state index in [-0.39, 0.29) is 35.6 Å². The van der Waals surface area contributed by atoms with Gasteiger partial charge >= 0.3 is 0 Å². The molecule has 1 unspecified atom stereocenters. The molecular formula is C20H31N3O4S. The van der Waals surface area contributed by atoms with Gasteiger partial charge in [-0.3, -0.25) is 9.59 Å². The van der Waals surface area contributed by atoms with E-state index >= 15 is 0 Å². The van der Waals surface area contributed by atoms with Gasteiger partial charge in [0.2, 0.25) is 21.8 Å². The molecule has 0 bridgehead atoms. The molecule has 1 fully saturated rings. The number of amides is 2. The molecule has 7 nitrogen and oxygen atoms in total. The van der Waals surface area contributed by atoms with Gasteiger partial charge in [-0.2, -0.15) is 4.31 Å². The van der Waals surface area contributed by atoms with E-state index in [1.54, 1.807) is 30.3 Å². The predicted octanol–water partition coefficient (Wildman–Crippen LogP) is 1.76. The first-order chi connectivity index (χ1) is 13.3. The predicted molar refractivity (Wildman–Crippen MR) is 108 cm³/mol. The monoisotopic (exact) mass is 409 g/mol. The van der Waals surface area contributed by atoms with Crippen LogP contribution in [-0.2, 0) is 19.6 Å². The van der Waals surface area contributed by atoms with Gasteiger partial charge < -0.3 is 10.6 Å². The molecule has 28 heavy (non-hydrogen) atoms. The van der Waals surface area contributed by atoms with Crippen molar-refractivity contribution in [1.82, 2.24) is 14.9 Å². The number of nitrogens with zero attached hydrogens (tertiary/aromatic N) is 1. The van der Waals surface area contributed by atoms with Crippen LogP contribution in [-0.4, -0.2) is 50.7 Å². The van der Waals surface area contributed by atoms with Crippen molar-refractivity contribution in [3.8, 4) is 0 Å². The molecule has 0 saturated carbocycles. The third-order valence-corrected chi connectivity index (χ3v) is 6.71. The van der Waals surface area contributed by atoms with Crippen molar-refractivity contribution in [2.24, 2.45) is 11.8 Å². The fraction of sp³-hybridized carbons (Fsp3) is 0.600. The molecule has 1 atom stereocenters. The van der Waals surface area contributed by atoms with Crippen LogP contribution < -0.4 is 10.6 Å². The van der Waals surface area contributed by atoms with E-state index in [9.17, 15) is 18.0 Å². The number of benzene rings is 1. The Labute approximate surface area is 167 Å². The van der Waals surface area contributed by atoms with E-state index < -0.39 is 10.0 Å². The van der Waals surface area contributed by atoms with Crippen molar-refractivity contribution >= 4 is 21.8 Å². The molecule has 2 N–H and O–H groups in total. The Kier molecular flexibility index (Phi) is 8.44. The third-order valence-electron chi connectivity index (χ3n) is 4.80. The summed E-state index contributed by atoms with van der Waals surface area (Å²) in [5.74, 6) is -0.104. The Morgan fingerprint density at radius 3 is 2.61 bits per heavy atom. The van der Waals surface area contributed by atoms with Gasteiger partial charge in [-0.25, -0.2) is 8.42 Å². The van der Waals surface area contributed by atoms with Crippen molar-refractivity contribution in [2.45, 2.75) is 44.4 Å². The lowest BCUT2D eigenvalue weighted by atomic mass is 9.98. The van der Waals surface area contributed by atoms with E-state index in [4.69, 9.17) is 0 Å². The summed E-state index contributed by atoms with van der Waals surface area (Å²) in [5, 5.41) is 5.75. The molecule has 2 amide bonds. The molecule has 0 spiro atoms. The molecule has 1 aliphatic rings. The summed E-state index contributed by atoms with van der Waals surface area (Å²) >= 11 is 0. The number of carbonyl (C=O) groups excluding carboxylic acids is 2. The maximum absolute atomic E-state index is 13.0. The molecule has 156 valence electrons. The van der Waals surface area contributed by atoms with Crippen LogP contribution >= 0.6 is 0 Å². The second kappa shape index (κ2) is 10.6. The highest BCUT2D eigenvalue weighted by Gasteiger charge is 2.26. The molecule has 1 heterocycles. The first kappa shape index (κ1) is 22.4. The number of hydrogen-bond donors (Lipinski definition) is 2. The number of nitrogens with one attached hydrogen (secondary N) is 2. The number of carbonyl (C=O) groups is 2. The lowest BCUT2D eigenvalue weighted by Gasteiger charge is -2.22. The molecule has 2 rings (SSSR count). The van der Waals surface area contributed by atoms with E-state index in [1.165, 1.54) is 4.31 Å². The Balaban J connectivity index is 2.10. The summed E-state index contributed by atoms with van der Waals surface area (Å²) < 4.78 is 27.3. The minimum atomic E-state index is -3.67. The van der Waals surface area contributed by atoms with Gasteiger partial charge in [-0.1, -0.05) is 32.0 Å². The smallest absolute Gasteiger partial charge is 0.243 e. The lowest BCUT2D eigenvalue weighted by Crippen LogP contribution is -2.35. The second-order valence-corrected chi connectivity index (χ2v) is 9.52. The highest BCUT2D eigenvalue weighted by Crippen LogP contribution is 2.19. The molecule has 1 aliphatic heterocycles.